The van der Waals surface area contributed by atoms with Gasteiger partial charge in [-0.2, -0.15) is 0 Å². The molecule has 126 valence electrons. The molecule has 4 rings (SSSR count). The third-order valence-corrected chi connectivity index (χ3v) is 5.60. The largest absolute Gasteiger partial charge is 0.472 e. The summed E-state index contributed by atoms with van der Waals surface area (Å²) in [5.74, 6) is 0.156. The number of rotatable bonds is 3. The fourth-order valence-corrected chi connectivity index (χ4v) is 4.25. The normalized spacial score (nSPS) is 30.9. The van der Waals surface area contributed by atoms with E-state index in [0.29, 0.717) is 12.6 Å². The van der Waals surface area contributed by atoms with Crippen LogP contribution < -0.4 is 5.32 Å². The van der Waals surface area contributed by atoms with Crippen LogP contribution in [0.5, 0.6) is 0 Å². The Bertz CT molecular complexity index is 531. The molecule has 1 spiro atoms. The Labute approximate surface area is 136 Å². The molecule has 1 unspecified atom stereocenters. The van der Waals surface area contributed by atoms with Gasteiger partial charge in [0.15, 0.2) is 0 Å². The molecule has 3 fully saturated rings. The fourth-order valence-electron chi connectivity index (χ4n) is 4.25. The number of amides is 1. The number of furan rings is 1. The van der Waals surface area contributed by atoms with E-state index in [0.717, 1.165) is 58.7 Å². The molecule has 6 nitrogen and oxygen atoms in total. The van der Waals surface area contributed by atoms with Crippen LogP contribution in [0.25, 0.3) is 0 Å². The smallest absolute Gasteiger partial charge is 0.234 e. The molecule has 4 heterocycles. The molecule has 0 saturated carbocycles. The summed E-state index contributed by atoms with van der Waals surface area (Å²) in [5, 5.41) is 3.04. The Morgan fingerprint density at radius 1 is 1.35 bits per heavy atom. The topological polar surface area (TPSA) is 58.0 Å². The van der Waals surface area contributed by atoms with Crippen molar-refractivity contribution in [2.24, 2.45) is 0 Å². The molecule has 3 aliphatic heterocycles. The maximum atomic E-state index is 11.9. The Kier molecular flexibility index (Phi) is 4.13. The molecule has 0 aromatic carbocycles. The van der Waals surface area contributed by atoms with E-state index in [2.05, 4.69) is 15.1 Å². The third kappa shape index (κ3) is 3.03. The van der Waals surface area contributed by atoms with E-state index in [1.807, 2.05) is 12.3 Å². The average molecular weight is 319 g/mol. The van der Waals surface area contributed by atoms with Crippen LogP contribution in [0.3, 0.4) is 0 Å². The number of nitrogens with one attached hydrogen (secondary N) is 1. The van der Waals surface area contributed by atoms with E-state index in [1.54, 1.807) is 6.26 Å². The van der Waals surface area contributed by atoms with Crippen LogP contribution in [0.15, 0.2) is 23.0 Å². The molecule has 1 amide bonds. The first-order valence-electron chi connectivity index (χ1n) is 8.60. The van der Waals surface area contributed by atoms with Crippen molar-refractivity contribution in [1.82, 2.24) is 15.1 Å². The molecular weight excluding hydrogens is 294 g/mol. The summed E-state index contributed by atoms with van der Waals surface area (Å²) in [6.07, 6.45) is 6.83. The molecule has 6 heteroatoms. The number of carbonyl (C=O) groups excluding carboxylic acids is 1. The zero-order valence-corrected chi connectivity index (χ0v) is 13.5. The fraction of sp³-hybridized carbons (Fsp3) is 0.706. The number of piperazine rings is 1. The van der Waals surface area contributed by atoms with E-state index in [-0.39, 0.29) is 11.4 Å². The molecule has 1 atom stereocenters. The molecule has 3 saturated heterocycles. The van der Waals surface area contributed by atoms with Gasteiger partial charge >= 0.3 is 0 Å². The molecule has 1 aromatic heterocycles. The minimum absolute atomic E-state index is 0.0330. The van der Waals surface area contributed by atoms with Crippen LogP contribution in [-0.4, -0.2) is 66.7 Å². The van der Waals surface area contributed by atoms with Gasteiger partial charge < -0.3 is 14.5 Å². The zero-order chi connectivity index (χ0) is 15.7. The first-order valence-corrected chi connectivity index (χ1v) is 8.60. The van der Waals surface area contributed by atoms with Gasteiger partial charge in [0.2, 0.25) is 5.91 Å². The van der Waals surface area contributed by atoms with Crippen molar-refractivity contribution >= 4 is 5.91 Å². The lowest BCUT2D eigenvalue weighted by Gasteiger charge is -2.49. The van der Waals surface area contributed by atoms with Crippen LogP contribution in [0.2, 0.25) is 0 Å². The van der Waals surface area contributed by atoms with E-state index >= 15 is 0 Å². The van der Waals surface area contributed by atoms with E-state index < -0.39 is 0 Å². The Balaban J connectivity index is 1.39. The minimum Gasteiger partial charge on any atom is -0.472 e. The van der Waals surface area contributed by atoms with Crippen molar-refractivity contribution in [1.29, 1.82) is 0 Å². The number of hydrogen-bond donors (Lipinski definition) is 1. The van der Waals surface area contributed by atoms with Crippen molar-refractivity contribution in [2.75, 3.05) is 39.4 Å². The molecule has 23 heavy (non-hydrogen) atoms. The van der Waals surface area contributed by atoms with Gasteiger partial charge in [-0.1, -0.05) is 0 Å². The van der Waals surface area contributed by atoms with Gasteiger partial charge in [0.1, 0.15) is 0 Å². The lowest BCUT2D eigenvalue weighted by atomic mass is 9.89. The lowest BCUT2D eigenvalue weighted by molar-refractivity contribution is -0.131. The van der Waals surface area contributed by atoms with Gasteiger partial charge in [-0.15, -0.1) is 0 Å². The number of likely N-dealkylation sites (tertiary alicyclic amines) is 1. The molecule has 3 aliphatic rings. The second-order valence-corrected chi connectivity index (χ2v) is 7.07. The molecule has 0 bridgehead atoms. The monoisotopic (exact) mass is 319 g/mol. The lowest BCUT2D eigenvalue weighted by Crippen LogP contribution is -2.67. The Morgan fingerprint density at radius 3 is 2.91 bits per heavy atom. The van der Waals surface area contributed by atoms with Gasteiger partial charge in [-0.25, -0.2) is 0 Å². The summed E-state index contributed by atoms with van der Waals surface area (Å²) in [4.78, 5) is 16.8. The first kappa shape index (κ1) is 15.2. The third-order valence-electron chi connectivity index (χ3n) is 5.60. The van der Waals surface area contributed by atoms with Crippen LogP contribution >= 0.6 is 0 Å². The van der Waals surface area contributed by atoms with Gasteiger partial charge in [0.05, 0.1) is 31.2 Å². The van der Waals surface area contributed by atoms with Crippen LogP contribution in [0, 0.1) is 0 Å². The molecule has 1 N–H and O–H groups in total. The number of piperidine rings is 1. The number of nitrogens with zero attached hydrogens (tertiary/aromatic N) is 2. The maximum Gasteiger partial charge on any atom is 0.234 e. The summed E-state index contributed by atoms with van der Waals surface area (Å²) >= 11 is 0. The van der Waals surface area contributed by atoms with Crippen molar-refractivity contribution in [3.05, 3.63) is 24.2 Å². The highest BCUT2D eigenvalue weighted by molar-refractivity contribution is 5.79. The van der Waals surface area contributed by atoms with Crippen molar-refractivity contribution in [3.8, 4) is 0 Å². The Morgan fingerprint density at radius 2 is 2.22 bits per heavy atom. The van der Waals surface area contributed by atoms with Gasteiger partial charge in [-0.3, -0.25) is 14.6 Å². The average Bonchev–Trinajstić information content (AvgIpc) is 3.24. The molecule has 1 aromatic rings. The van der Waals surface area contributed by atoms with E-state index in [4.69, 9.17) is 9.15 Å². The predicted octanol–water partition coefficient (Wildman–Crippen LogP) is 0.835. The quantitative estimate of drug-likeness (QED) is 0.894. The SMILES string of the molecule is O=C1CN(C2CCN(Cc3ccoc3)CC2)C2(CCOC2)CN1. The van der Waals surface area contributed by atoms with Gasteiger partial charge in [-0.05, 0) is 38.4 Å². The number of carbonyl (C=O) groups is 1. The zero-order valence-electron chi connectivity index (χ0n) is 13.5. The van der Waals surface area contributed by atoms with Gasteiger partial charge in [0, 0.05) is 31.3 Å². The van der Waals surface area contributed by atoms with E-state index in [9.17, 15) is 4.79 Å². The summed E-state index contributed by atoms with van der Waals surface area (Å²) in [6.45, 7) is 5.93. The molecular formula is C17H25N3O3. The summed E-state index contributed by atoms with van der Waals surface area (Å²) in [6, 6.07) is 2.52. The summed E-state index contributed by atoms with van der Waals surface area (Å²) in [5.41, 5.74) is 1.27. The highest BCUT2D eigenvalue weighted by Crippen LogP contribution is 2.33. The highest BCUT2D eigenvalue weighted by atomic mass is 16.5. The van der Waals surface area contributed by atoms with Crippen molar-refractivity contribution in [2.45, 2.75) is 37.4 Å². The van der Waals surface area contributed by atoms with E-state index in [1.165, 1.54) is 5.56 Å². The molecule has 0 aliphatic carbocycles. The van der Waals surface area contributed by atoms with Gasteiger partial charge in [0.25, 0.3) is 0 Å². The van der Waals surface area contributed by atoms with Crippen molar-refractivity contribution < 1.29 is 13.9 Å². The second kappa shape index (κ2) is 6.26. The first-order chi connectivity index (χ1) is 11.3. The minimum atomic E-state index is 0.0330. The summed E-state index contributed by atoms with van der Waals surface area (Å²) < 4.78 is 10.8. The van der Waals surface area contributed by atoms with Crippen LogP contribution in [0.4, 0.5) is 0 Å². The Hall–Kier alpha value is -1.37. The van der Waals surface area contributed by atoms with Crippen LogP contribution in [0.1, 0.15) is 24.8 Å². The van der Waals surface area contributed by atoms with Crippen molar-refractivity contribution in [3.63, 3.8) is 0 Å². The maximum absolute atomic E-state index is 11.9. The number of ether oxygens (including phenoxy) is 1. The molecule has 0 radical (unpaired) electrons. The highest BCUT2D eigenvalue weighted by Gasteiger charge is 2.47. The summed E-state index contributed by atoms with van der Waals surface area (Å²) in [7, 11) is 0. The predicted molar refractivity (Wildman–Crippen MR) is 84.9 cm³/mol. The van der Waals surface area contributed by atoms with Crippen LogP contribution in [-0.2, 0) is 16.1 Å². The second-order valence-electron chi connectivity index (χ2n) is 7.07. The standard InChI is InChI=1S/C17H25N3O3/c21-16-10-20(17(12-18-16)4-8-23-13-17)15-1-5-19(6-2-15)9-14-3-7-22-11-14/h3,7,11,15H,1-2,4-6,8-10,12-13H2,(H,18,21). The number of hydrogen-bond acceptors (Lipinski definition) is 5.